The zero-order valence-corrected chi connectivity index (χ0v) is 12.3. The molecule has 4 nitrogen and oxygen atoms in total. The van der Waals surface area contributed by atoms with Crippen LogP contribution in [0.15, 0.2) is 24.3 Å². The Morgan fingerprint density at radius 2 is 2.05 bits per heavy atom. The van der Waals surface area contributed by atoms with Crippen molar-refractivity contribution in [3.8, 4) is 0 Å². The molecule has 0 aromatic heterocycles. The number of aliphatic hydroxyl groups is 1. The van der Waals surface area contributed by atoms with Crippen LogP contribution in [0.2, 0.25) is 0 Å². The van der Waals surface area contributed by atoms with Crippen LogP contribution in [0.5, 0.6) is 0 Å². The Morgan fingerprint density at radius 3 is 2.75 bits per heavy atom. The molecule has 0 heterocycles. The van der Waals surface area contributed by atoms with E-state index >= 15 is 0 Å². The maximum absolute atomic E-state index is 12.3. The lowest BCUT2D eigenvalue weighted by Gasteiger charge is -2.21. The molecule has 1 aliphatic rings. The molecule has 0 spiro atoms. The second-order valence-electron chi connectivity index (χ2n) is 5.19. The van der Waals surface area contributed by atoms with Gasteiger partial charge in [0, 0.05) is 27.5 Å². The SMILES string of the molecule is O=C(CO)Nc1cccc(CS(=O)C2CCCCC2)c1. The van der Waals surface area contributed by atoms with Gasteiger partial charge in [0.25, 0.3) is 0 Å². The number of hydrogen-bond acceptors (Lipinski definition) is 3. The number of aliphatic hydroxyl groups excluding tert-OH is 1. The van der Waals surface area contributed by atoms with E-state index < -0.39 is 23.3 Å². The summed E-state index contributed by atoms with van der Waals surface area (Å²) in [6.45, 7) is -0.530. The fraction of sp³-hybridized carbons (Fsp3) is 0.533. The summed E-state index contributed by atoms with van der Waals surface area (Å²) < 4.78 is 12.3. The third kappa shape index (κ3) is 4.42. The van der Waals surface area contributed by atoms with E-state index in [1.165, 1.54) is 19.3 Å². The summed E-state index contributed by atoms with van der Waals surface area (Å²) in [5.41, 5.74) is 1.60. The van der Waals surface area contributed by atoms with Crippen LogP contribution in [0.25, 0.3) is 0 Å². The molecular weight excluding hydrogens is 274 g/mol. The van der Waals surface area contributed by atoms with Gasteiger partial charge >= 0.3 is 0 Å². The molecule has 1 aromatic rings. The van der Waals surface area contributed by atoms with Crippen molar-refractivity contribution in [2.75, 3.05) is 11.9 Å². The standard InChI is InChI=1S/C15H21NO3S/c17-10-15(18)16-13-6-4-5-12(9-13)11-20(19)14-7-2-1-3-8-14/h4-6,9,14,17H,1-3,7-8,10-11H2,(H,16,18). The van der Waals surface area contributed by atoms with Crippen molar-refractivity contribution in [2.45, 2.75) is 43.1 Å². The summed E-state index contributed by atoms with van der Waals surface area (Å²) in [5, 5.41) is 11.6. The van der Waals surface area contributed by atoms with E-state index in [0.29, 0.717) is 16.7 Å². The Bertz CT molecular complexity index is 484. The smallest absolute Gasteiger partial charge is 0.250 e. The Kier molecular flexibility index (Phi) is 5.73. The topological polar surface area (TPSA) is 66.4 Å². The Balaban J connectivity index is 1.96. The van der Waals surface area contributed by atoms with Crippen molar-refractivity contribution >= 4 is 22.4 Å². The van der Waals surface area contributed by atoms with Crippen LogP contribution in [0.1, 0.15) is 37.7 Å². The zero-order valence-electron chi connectivity index (χ0n) is 11.5. The van der Waals surface area contributed by atoms with Crippen molar-refractivity contribution in [3.63, 3.8) is 0 Å². The first-order valence-electron chi connectivity index (χ1n) is 7.06. The minimum atomic E-state index is -0.842. The molecule has 1 saturated carbocycles. The highest BCUT2D eigenvalue weighted by Gasteiger charge is 2.19. The van der Waals surface area contributed by atoms with Gasteiger partial charge in [-0.05, 0) is 30.5 Å². The summed E-state index contributed by atoms with van der Waals surface area (Å²) in [6.07, 6.45) is 5.75. The maximum Gasteiger partial charge on any atom is 0.250 e. The Hall–Kier alpha value is -1.20. The van der Waals surface area contributed by atoms with E-state index in [9.17, 15) is 9.00 Å². The van der Waals surface area contributed by atoms with Crippen LogP contribution in [-0.2, 0) is 21.3 Å². The molecule has 0 radical (unpaired) electrons. The monoisotopic (exact) mass is 295 g/mol. The first-order chi connectivity index (χ1) is 9.69. The van der Waals surface area contributed by atoms with E-state index in [0.717, 1.165) is 18.4 Å². The minimum absolute atomic E-state index is 0.319. The van der Waals surface area contributed by atoms with Gasteiger partial charge in [0.2, 0.25) is 5.91 Å². The number of carbonyl (C=O) groups excluding carboxylic acids is 1. The second kappa shape index (κ2) is 7.55. The fourth-order valence-electron chi connectivity index (χ4n) is 2.55. The number of rotatable bonds is 5. The molecule has 1 fully saturated rings. The number of nitrogens with one attached hydrogen (secondary N) is 1. The second-order valence-corrected chi connectivity index (χ2v) is 6.91. The van der Waals surface area contributed by atoms with Gasteiger partial charge in [0.1, 0.15) is 6.61 Å². The predicted octanol–water partition coefficient (Wildman–Crippen LogP) is 2.20. The highest BCUT2D eigenvalue weighted by molar-refractivity contribution is 7.84. The molecule has 5 heteroatoms. The van der Waals surface area contributed by atoms with Crippen LogP contribution in [0.4, 0.5) is 5.69 Å². The summed E-state index contributed by atoms with van der Waals surface area (Å²) >= 11 is 0. The number of hydrogen-bond donors (Lipinski definition) is 2. The van der Waals surface area contributed by atoms with E-state index in [4.69, 9.17) is 5.11 Å². The van der Waals surface area contributed by atoms with E-state index in [-0.39, 0.29) is 0 Å². The van der Waals surface area contributed by atoms with Crippen LogP contribution in [0.3, 0.4) is 0 Å². The summed E-state index contributed by atoms with van der Waals surface area (Å²) in [6, 6.07) is 7.35. The number of benzene rings is 1. The summed E-state index contributed by atoms with van der Waals surface area (Å²) in [5.74, 6) is 0.101. The average Bonchev–Trinajstić information content (AvgIpc) is 2.48. The average molecular weight is 295 g/mol. The molecule has 1 aliphatic carbocycles. The van der Waals surface area contributed by atoms with Crippen LogP contribution in [0, 0.1) is 0 Å². The Labute approximate surface area is 122 Å². The van der Waals surface area contributed by atoms with Gasteiger partial charge in [-0.1, -0.05) is 31.4 Å². The highest BCUT2D eigenvalue weighted by atomic mass is 32.2. The molecule has 1 amide bonds. The van der Waals surface area contributed by atoms with Crippen molar-refractivity contribution in [2.24, 2.45) is 0 Å². The zero-order chi connectivity index (χ0) is 14.4. The quantitative estimate of drug-likeness (QED) is 0.875. The summed E-state index contributed by atoms with van der Waals surface area (Å²) in [4.78, 5) is 11.1. The molecule has 1 aromatic carbocycles. The van der Waals surface area contributed by atoms with E-state index in [2.05, 4.69) is 5.32 Å². The molecule has 2 rings (SSSR count). The molecule has 110 valence electrons. The van der Waals surface area contributed by atoms with Gasteiger partial charge < -0.3 is 10.4 Å². The minimum Gasteiger partial charge on any atom is -0.387 e. The first-order valence-corrected chi connectivity index (χ1v) is 8.44. The fourth-order valence-corrected chi connectivity index (χ4v) is 4.15. The lowest BCUT2D eigenvalue weighted by atomic mass is 10.0. The number of anilines is 1. The van der Waals surface area contributed by atoms with Crippen LogP contribution in [-0.4, -0.2) is 27.1 Å². The van der Waals surface area contributed by atoms with Crippen molar-refractivity contribution < 1.29 is 14.1 Å². The molecule has 1 atom stereocenters. The normalized spacial score (nSPS) is 17.6. The summed E-state index contributed by atoms with van der Waals surface area (Å²) in [7, 11) is -0.842. The van der Waals surface area contributed by atoms with Gasteiger partial charge in [-0.15, -0.1) is 0 Å². The molecule has 1 unspecified atom stereocenters. The largest absolute Gasteiger partial charge is 0.387 e. The molecule has 0 aliphatic heterocycles. The molecule has 2 N–H and O–H groups in total. The molecule has 0 bridgehead atoms. The highest BCUT2D eigenvalue weighted by Crippen LogP contribution is 2.24. The number of amides is 1. The van der Waals surface area contributed by atoms with Gasteiger partial charge in [-0.25, -0.2) is 0 Å². The number of carbonyl (C=O) groups is 1. The molecule has 20 heavy (non-hydrogen) atoms. The van der Waals surface area contributed by atoms with Crippen LogP contribution >= 0.6 is 0 Å². The van der Waals surface area contributed by atoms with Crippen LogP contribution < -0.4 is 5.32 Å². The predicted molar refractivity (Wildman–Crippen MR) is 80.9 cm³/mol. The van der Waals surface area contributed by atoms with Gasteiger partial charge in [-0.3, -0.25) is 9.00 Å². The van der Waals surface area contributed by atoms with Gasteiger partial charge in [0.05, 0.1) is 0 Å². The third-order valence-corrected chi connectivity index (χ3v) is 5.42. The van der Waals surface area contributed by atoms with Crippen molar-refractivity contribution in [1.29, 1.82) is 0 Å². The van der Waals surface area contributed by atoms with E-state index in [1.807, 2.05) is 18.2 Å². The first kappa shape index (κ1) is 15.2. The molecular formula is C15H21NO3S. The third-order valence-electron chi connectivity index (χ3n) is 3.59. The molecule has 0 saturated heterocycles. The Morgan fingerprint density at radius 1 is 1.30 bits per heavy atom. The van der Waals surface area contributed by atoms with E-state index in [1.54, 1.807) is 6.07 Å². The van der Waals surface area contributed by atoms with Gasteiger partial charge in [-0.2, -0.15) is 0 Å². The van der Waals surface area contributed by atoms with Gasteiger partial charge in [0.15, 0.2) is 0 Å². The van der Waals surface area contributed by atoms with Crippen molar-refractivity contribution in [1.82, 2.24) is 0 Å². The lowest BCUT2D eigenvalue weighted by Crippen LogP contribution is -2.20. The van der Waals surface area contributed by atoms with Crippen molar-refractivity contribution in [3.05, 3.63) is 29.8 Å². The lowest BCUT2D eigenvalue weighted by molar-refractivity contribution is -0.118. The maximum atomic E-state index is 12.3.